The van der Waals surface area contributed by atoms with Crippen LogP contribution in [0.5, 0.6) is 0 Å². The molecule has 0 atom stereocenters. The summed E-state index contributed by atoms with van der Waals surface area (Å²) in [5, 5.41) is 0. The number of aryl methyl sites for hydroxylation is 2. The first-order valence-electron chi connectivity index (χ1n) is 6.19. The van der Waals surface area contributed by atoms with Gasteiger partial charge in [0.2, 0.25) is 0 Å². The normalized spacial score (nSPS) is 17.3. The minimum absolute atomic E-state index is 0.0152. The quantitative estimate of drug-likeness (QED) is 0.764. The number of ether oxygens (including phenoxy) is 2. The van der Waals surface area contributed by atoms with Gasteiger partial charge in [-0.05, 0) is 31.9 Å². The molecule has 0 bridgehead atoms. The SMILES string of the molecule is Cc1ccc(C)c(SCCC2OCCCO2)c1. The average molecular weight is 252 g/mol. The molecule has 0 amide bonds. The van der Waals surface area contributed by atoms with Crippen LogP contribution in [0.2, 0.25) is 0 Å². The summed E-state index contributed by atoms with van der Waals surface area (Å²) in [5.41, 5.74) is 2.68. The minimum Gasteiger partial charge on any atom is -0.353 e. The fourth-order valence-corrected chi connectivity index (χ4v) is 2.93. The Labute approximate surface area is 108 Å². The fourth-order valence-electron chi connectivity index (χ4n) is 1.83. The summed E-state index contributed by atoms with van der Waals surface area (Å²) in [7, 11) is 0. The summed E-state index contributed by atoms with van der Waals surface area (Å²) in [4.78, 5) is 1.38. The minimum atomic E-state index is 0.0152. The van der Waals surface area contributed by atoms with E-state index in [0.717, 1.165) is 31.8 Å². The predicted molar refractivity (Wildman–Crippen MR) is 71.6 cm³/mol. The summed E-state index contributed by atoms with van der Waals surface area (Å²) in [5.74, 6) is 1.05. The number of hydrogen-bond donors (Lipinski definition) is 0. The molecule has 0 spiro atoms. The van der Waals surface area contributed by atoms with E-state index in [-0.39, 0.29) is 6.29 Å². The van der Waals surface area contributed by atoms with Gasteiger partial charge in [-0.15, -0.1) is 11.8 Å². The monoisotopic (exact) mass is 252 g/mol. The maximum atomic E-state index is 5.53. The zero-order valence-corrected chi connectivity index (χ0v) is 11.4. The highest BCUT2D eigenvalue weighted by molar-refractivity contribution is 7.99. The molecule has 17 heavy (non-hydrogen) atoms. The van der Waals surface area contributed by atoms with E-state index < -0.39 is 0 Å². The Bertz CT molecular complexity index is 359. The number of benzene rings is 1. The molecule has 1 aliphatic heterocycles. The van der Waals surface area contributed by atoms with Crippen LogP contribution in [-0.4, -0.2) is 25.3 Å². The van der Waals surface area contributed by atoms with Crippen LogP contribution < -0.4 is 0 Å². The van der Waals surface area contributed by atoms with Gasteiger partial charge in [-0.3, -0.25) is 0 Å². The van der Waals surface area contributed by atoms with E-state index >= 15 is 0 Å². The molecule has 2 rings (SSSR count). The molecule has 1 aromatic rings. The van der Waals surface area contributed by atoms with Gasteiger partial charge in [0, 0.05) is 17.1 Å². The topological polar surface area (TPSA) is 18.5 Å². The molecule has 1 aromatic carbocycles. The van der Waals surface area contributed by atoms with Crippen LogP contribution in [0.3, 0.4) is 0 Å². The van der Waals surface area contributed by atoms with Gasteiger partial charge in [0.1, 0.15) is 0 Å². The zero-order valence-electron chi connectivity index (χ0n) is 10.6. The third-order valence-corrected chi connectivity index (χ3v) is 4.04. The highest BCUT2D eigenvalue weighted by Crippen LogP contribution is 2.25. The van der Waals surface area contributed by atoms with Crippen molar-refractivity contribution < 1.29 is 9.47 Å². The van der Waals surface area contributed by atoms with Crippen molar-refractivity contribution in [1.29, 1.82) is 0 Å². The molecule has 0 unspecified atom stereocenters. The lowest BCUT2D eigenvalue weighted by atomic mass is 10.2. The first kappa shape index (κ1) is 12.9. The van der Waals surface area contributed by atoms with Gasteiger partial charge in [0.15, 0.2) is 6.29 Å². The van der Waals surface area contributed by atoms with E-state index in [2.05, 4.69) is 32.0 Å². The molecule has 0 aliphatic carbocycles. The van der Waals surface area contributed by atoms with Crippen LogP contribution in [-0.2, 0) is 9.47 Å². The highest BCUT2D eigenvalue weighted by atomic mass is 32.2. The van der Waals surface area contributed by atoms with Crippen molar-refractivity contribution >= 4 is 11.8 Å². The first-order chi connectivity index (χ1) is 8.25. The third kappa shape index (κ3) is 4.02. The molecule has 3 heteroatoms. The molecule has 1 aliphatic rings. The molecule has 0 saturated carbocycles. The van der Waals surface area contributed by atoms with Crippen molar-refractivity contribution in [2.24, 2.45) is 0 Å². The van der Waals surface area contributed by atoms with Crippen molar-refractivity contribution in [1.82, 2.24) is 0 Å². The Morgan fingerprint density at radius 2 is 2.00 bits per heavy atom. The molecule has 94 valence electrons. The van der Waals surface area contributed by atoms with Crippen LogP contribution >= 0.6 is 11.8 Å². The third-order valence-electron chi connectivity index (χ3n) is 2.85. The largest absolute Gasteiger partial charge is 0.353 e. The number of thioether (sulfide) groups is 1. The van der Waals surface area contributed by atoms with E-state index in [4.69, 9.17) is 9.47 Å². The van der Waals surface area contributed by atoms with E-state index in [1.165, 1.54) is 16.0 Å². The summed E-state index contributed by atoms with van der Waals surface area (Å²) >= 11 is 1.89. The Balaban J connectivity index is 1.79. The summed E-state index contributed by atoms with van der Waals surface area (Å²) < 4.78 is 11.1. The van der Waals surface area contributed by atoms with Crippen LogP contribution in [0.1, 0.15) is 24.0 Å². The standard InChI is InChI=1S/C14H20O2S/c1-11-4-5-12(2)13(10-11)17-9-6-14-15-7-3-8-16-14/h4-5,10,14H,3,6-9H2,1-2H3. The maximum absolute atomic E-state index is 5.53. The van der Waals surface area contributed by atoms with Crippen LogP contribution in [0.15, 0.2) is 23.1 Å². The lowest BCUT2D eigenvalue weighted by molar-refractivity contribution is -0.178. The summed E-state index contributed by atoms with van der Waals surface area (Å²) in [6.07, 6.45) is 2.01. The Morgan fingerprint density at radius 1 is 1.24 bits per heavy atom. The maximum Gasteiger partial charge on any atom is 0.158 e. The molecule has 1 fully saturated rings. The van der Waals surface area contributed by atoms with Crippen LogP contribution in [0.25, 0.3) is 0 Å². The van der Waals surface area contributed by atoms with Gasteiger partial charge in [-0.2, -0.15) is 0 Å². The van der Waals surface area contributed by atoms with Gasteiger partial charge < -0.3 is 9.47 Å². The molecule has 0 N–H and O–H groups in total. The van der Waals surface area contributed by atoms with Crippen molar-refractivity contribution in [2.45, 2.75) is 37.9 Å². The van der Waals surface area contributed by atoms with E-state index in [1.807, 2.05) is 11.8 Å². The van der Waals surface area contributed by atoms with Gasteiger partial charge >= 0.3 is 0 Å². The van der Waals surface area contributed by atoms with Crippen molar-refractivity contribution in [3.8, 4) is 0 Å². The summed E-state index contributed by atoms with van der Waals surface area (Å²) in [6.45, 7) is 5.99. The molecule has 1 heterocycles. The highest BCUT2D eigenvalue weighted by Gasteiger charge is 2.13. The first-order valence-corrected chi connectivity index (χ1v) is 7.17. The second kappa shape index (κ2) is 6.43. The van der Waals surface area contributed by atoms with Crippen LogP contribution in [0, 0.1) is 13.8 Å². The van der Waals surface area contributed by atoms with Crippen molar-refractivity contribution in [2.75, 3.05) is 19.0 Å². The fraction of sp³-hybridized carbons (Fsp3) is 0.571. The predicted octanol–water partition coefficient (Wildman–Crippen LogP) is 3.55. The molecule has 0 radical (unpaired) electrons. The second-order valence-electron chi connectivity index (χ2n) is 4.43. The van der Waals surface area contributed by atoms with Crippen LogP contribution in [0.4, 0.5) is 0 Å². The Kier molecular flexibility index (Phi) is 4.89. The van der Waals surface area contributed by atoms with E-state index in [1.54, 1.807) is 0 Å². The van der Waals surface area contributed by atoms with E-state index in [0.29, 0.717) is 0 Å². The molecular weight excluding hydrogens is 232 g/mol. The molecular formula is C14H20O2S. The van der Waals surface area contributed by atoms with Gasteiger partial charge in [0.25, 0.3) is 0 Å². The van der Waals surface area contributed by atoms with Crippen molar-refractivity contribution in [3.05, 3.63) is 29.3 Å². The molecule has 2 nitrogen and oxygen atoms in total. The average Bonchev–Trinajstić information content (AvgIpc) is 2.35. The van der Waals surface area contributed by atoms with Gasteiger partial charge in [0.05, 0.1) is 13.2 Å². The van der Waals surface area contributed by atoms with E-state index in [9.17, 15) is 0 Å². The van der Waals surface area contributed by atoms with Crippen molar-refractivity contribution in [3.63, 3.8) is 0 Å². The zero-order chi connectivity index (χ0) is 12.1. The number of hydrogen-bond acceptors (Lipinski definition) is 3. The summed E-state index contributed by atoms with van der Waals surface area (Å²) in [6, 6.07) is 6.60. The van der Waals surface area contributed by atoms with Gasteiger partial charge in [-0.1, -0.05) is 17.7 Å². The van der Waals surface area contributed by atoms with Gasteiger partial charge in [-0.25, -0.2) is 0 Å². The number of rotatable bonds is 4. The molecule has 1 saturated heterocycles. The Hall–Kier alpha value is -0.510. The smallest absolute Gasteiger partial charge is 0.158 e. The molecule has 0 aromatic heterocycles. The lowest BCUT2D eigenvalue weighted by Crippen LogP contribution is -2.25. The lowest BCUT2D eigenvalue weighted by Gasteiger charge is -2.23. The second-order valence-corrected chi connectivity index (χ2v) is 5.57. The Morgan fingerprint density at radius 3 is 2.76 bits per heavy atom.